The summed E-state index contributed by atoms with van der Waals surface area (Å²) in [6.45, 7) is 6.62. The molecule has 2 atom stereocenters. The quantitative estimate of drug-likeness (QED) is 0.890. The minimum absolute atomic E-state index is 0.277. The van der Waals surface area contributed by atoms with Crippen LogP contribution in [0.5, 0.6) is 5.75 Å². The number of nitrogens with zero attached hydrogens (tertiary/aromatic N) is 1. The van der Waals surface area contributed by atoms with Crippen LogP contribution in [0.15, 0.2) is 24.3 Å². The molecule has 0 fully saturated rings. The Morgan fingerprint density at radius 3 is 2.94 bits per heavy atom. The van der Waals surface area contributed by atoms with Crippen LogP contribution in [-0.2, 0) is 0 Å². The number of hydrogen-bond donors (Lipinski definition) is 1. The van der Waals surface area contributed by atoms with Gasteiger partial charge >= 0.3 is 0 Å². The molecule has 0 spiro atoms. The molecule has 3 nitrogen and oxygen atoms in total. The molecule has 0 bridgehead atoms. The van der Waals surface area contributed by atoms with E-state index in [9.17, 15) is 5.11 Å². The van der Waals surface area contributed by atoms with Gasteiger partial charge in [0.2, 0.25) is 0 Å². The first-order valence-electron chi connectivity index (χ1n) is 6.87. The average Bonchev–Trinajstić information content (AvgIpc) is 2.60. The highest BCUT2D eigenvalue weighted by Crippen LogP contribution is 2.30. The van der Waals surface area contributed by atoms with Crippen LogP contribution in [-0.4, -0.2) is 30.9 Å². The Morgan fingerprint density at radius 1 is 1.39 bits per heavy atom. The summed E-state index contributed by atoms with van der Waals surface area (Å²) in [5.41, 5.74) is 1.11. The minimum Gasteiger partial charge on any atom is -0.491 e. The fraction of sp³-hybridized carbons (Fsp3) is 0.600. The molecular formula is C15H23NO2. The van der Waals surface area contributed by atoms with Crippen molar-refractivity contribution in [1.82, 2.24) is 0 Å². The predicted molar refractivity (Wildman–Crippen MR) is 74.2 cm³/mol. The number of anilines is 1. The van der Waals surface area contributed by atoms with E-state index in [1.165, 1.54) is 0 Å². The molecular weight excluding hydrogens is 226 g/mol. The van der Waals surface area contributed by atoms with Gasteiger partial charge in [0, 0.05) is 13.1 Å². The van der Waals surface area contributed by atoms with Crippen LogP contribution in [0.25, 0.3) is 0 Å². The fourth-order valence-corrected chi connectivity index (χ4v) is 2.27. The van der Waals surface area contributed by atoms with E-state index >= 15 is 0 Å². The number of hydrogen-bond acceptors (Lipinski definition) is 3. The van der Waals surface area contributed by atoms with Gasteiger partial charge in [0.25, 0.3) is 0 Å². The van der Waals surface area contributed by atoms with Crippen molar-refractivity contribution in [3.05, 3.63) is 24.3 Å². The largest absolute Gasteiger partial charge is 0.491 e. The summed E-state index contributed by atoms with van der Waals surface area (Å²) < 4.78 is 5.72. The molecule has 1 heterocycles. The summed E-state index contributed by atoms with van der Waals surface area (Å²) in [6.07, 6.45) is 1.73. The van der Waals surface area contributed by atoms with Crippen molar-refractivity contribution in [1.29, 1.82) is 0 Å². The third-order valence-corrected chi connectivity index (χ3v) is 3.74. The molecule has 0 radical (unpaired) electrons. The first kappa shape index (κ1) is 13.2. The highest BCUT2D eigenvalue weighted by Gasteiger charge is 2.21. The van der Waals surface area contributed by atoms with E-state index < -0.39 is 0 Å². The highest BCUT2D eigenvalue weighted by molar-refractivity contribution is 5.59. The first-order chi connectivity index (χ1) is 8.72. The lowest BCUT2D eigenvalue weighted by molar-refractivity contribution is 0.120. The lowest BCUT2D eigenvalue weighted by atomic mass is 10.0. The summed E-state index contributed by atoms with van der Waals surface area (Å²) >= 11 is 0. The van der Waals surface area contributed by atoms with Crippen molar-refractivity contribution in [2.24, 2.45) is 5.92 Å². The van der Waals surface area contributed by atoms with E-state index in [2.05, 4.69) is 24.8 Å². The van der Waals surface area contributed by atoms with Crippen molar-refractivity contribution in [2.45, 2.75) is 32.8 Å². The standard InChI is InChI=1S/C15H23NO2/c1-3-12(2)14(17)11-16-9-6-10-18-15-8-5-4-7-13(15)16/h4-5,7-8,12,14,17H,3,6,9-11H2,1-2H3. The third-order valence-electron chi connectivity index (χ3n) is 3.74. The molecule has 0 aliphatic carbocycles. The molecule has 2 rings (SSSR count). The molecule has 100 valence electrons. The third kappa shape index (κ3) is 2.96. The number of rotatable bonds is 4. The second kappa shape index (κ2) is 6.10. The summed E-state index contributed by atoms with van der Waals surface area (Å²) in [7, 11) is 0. The SMILES string of the molecule is CCC(C)C(O)CN1CCCOc2ccccc21. The maximum absolute atomic E-state index is 10.2. The molecule has 1 aliphatic heterocycles. The van der Waals surface area contributed by atoms with Gasteiger partial charge in [-0.25, -0.2) is 0 Å². The zero-order valence-corrected chi connectivity index (χ0v) is 11.3. The van der Waals surface area contributed by atoms with Crippen LogP contribution in [0.2, 0.25) is 0 Å². The van der Waals surface area contributed by atoms with Crippen LogP contribution in [0, 0.1) is 5.92 Å². The van der Waals surface area contributed by atoms with Crippen molar-refractivity contribution >= 4 is 5.69 Å². The Hall–Kier alpha value is -1.22. The van der Waals surface area contributed by atoms with Crippen LogP contribution >= 0.6 is 0 Å². The van der Waals surface area contributed by atoms with Crippen LogP contribution in [0.3, 0.4) is 0 Å². The molecule has 1 N–H and O–H groups in total. The van der Waals surface area contributed by atoms with Gasteiger partial charge in [0.05, 0.1) is 18.4 Å². The monoisotopic (exact) mass is 249 g/mol. The van der Waals surface area contributed by atoms with Gasteiger partial charge in [-0.15, -0.1) is 0 Å². The van der Waals surface area contributed by atoms with Gasteiger partial charge in [-0.2, -0.15) is 0 Å². The molecule has 3 heteroatoms. The second-order valence-corrected chi connectivity index (χ2v) is 5.07. The van der Waals surface area contributed by atoms with Crippen LogP contribution < -0.4 is 9.64 Å². The van der Waals surface area contributed by atoms with Gasteiger partial charge < -0.3 is 14.7 Å². The maximum atomic E-state index is 10.2. The zero-order valence-electron chi connectivity index (χ0n) is 11.3. The molecule has 0 saturated carbocycles. The normalized spacial score (nSPS) is 18.5. The molecule has 0 aromatic heterocycles. The second-order valence-electron chi connectivity index (χ2n) is 5.07. The van der Waals surface area contributed by atoms with Gasteiger partial charge in [0.15, 0.2) is 0 Å². The molecule has 1 aromatic carbocycles. The topological polar surface area (TPSA) is 32.7 Å². The summed E-state index contributed by atoms with van der Waals surface area (Å²) in [5, 5.41) is 10.2. The van der Waals surface area contributed by atoms with E-state index in [4.69, 9.17) is 4.74 Å². The fourth-order valence-electron chi connectivity index (χ4n) is 2.27. The summed E-state index contributed by atoms with van der Waals surface area (Å²) in [5.74, 6) is 1.27. The summed E-state index contributed by atoms with van der Waals surface area (Å²) in [4.78, 5) is 2.25. The number of aliphatic hydroxyl groups is 1. The number of benzene rings is 1. The van der Waals surface area contributed by atoms with Crippen molar-refractivity contribution in [2.75, 3.05) is 24.6 Å². The van der Waals surface area contributed by atoms with Gasteiger partial charge in [0.1, 0.15) is 5.75 Å². The summed E-state index contributed by atoms with van der Waals surface area (Å²) in [6, 6.07) is 8.09. The van der Waals surface area contributed by atoms with E-state index in [-0.39, 0.29) is 6.10 Å². The number of para-hydroxylation sites is 2. The molecule has 1 aromatic rings. The minimum atomic E-state index is -0.277. The number of ether oxygens (including phenoxy) is 1. The average molecular weight is 249 g/mol. The Balaban J connectivity index is 2.13. The van der Waals surface area contributed by atoms with Gasteiger partial charge in [-0.05, 0) is 24.5 Å². The lowest BCUT2D eigenvalue weighted by Gasteiger charge is -2.28. The Labute approximate surface area is 109 Å². The maximum Gasteiger partial charge on any atom is 0.142 e. The molecule has 2 unspecified atom stereocenters. The molecule has 0 amide bonds. The number of fused-ring (bicyclic) bond motifs is 1. The Kier molecular flexibility index (Phi) is 4.48. The van der Waals surface area contributed by atoms with E-state index in [0.717, 1.165) is 37.4 Å². The van der Waals surface area contributed by atoms with E-state index in [1.54, 1.807) is 0 Å². The molecule has 0 saturated heterocycles. The van der Waals surface area contributed by atoms with Crippen molar-refractivity contribution in [3.63, 3.8) is 0 Å². The van der Waals surface area contributed by atoms with E-state index in [1.807, 2.05) is 18.2 Å². The smallest absolute Gasteiger partial charge is 0.142 e. The first-order valence-corrected chi connectivity index (χ1v) is 6.87. The van der Waals surface area contributed by atoms with Gasteiger partial charge in [-0.1, -0.05) is 32.4 Å². The van der Waals surface area contributed by atoms with Crippen molar-refractivity contribution in [3.8, 4) is 5.75 Å². The van der Waals surface area contributed by atoms with Gasteiger partial charge in [-0.3, -0.25) is 0 Å². The predicted octanol–water partition coefficient (Wildman–Crippen LogP) is 2.68. The Bertz CT molecular complexity index is 381. The van der Waals surface area contributed by atoms with Crippen LogP contribution in [0.1, 0.15) is 26.7 Å². The number of β-amino-alcohol motifs (C(OH)–C–C–N with tert-alkyl or cyclic N) is 1. The van der Waals surface area contributed by atoms with E-state index in [0.29, 0.717) is 12.5 Å². The molecule has 18 heavy (non-hydrogen) atoms. The van der Waals surface area contributed by atoms with Crippen LogP contribution in [0.4, 0.5) is 5.69 Å². The lowest BCUT2D eigenvalue weighted by Crippen LogP contribution is -2.36. The number of aliphatic hydroxyl groups excluding tert-OH is 1. The highest BCUT2D eigenvalue weighted by atomic mass is 16.5. The zero-order chi connectivity index (χ0) is 13.0. The molecule has 1 aliphatic rings. The Morgan fingerprint density at radius 2 is 2.17 bits per heavy atom. The van der Waals surface area contributed by atoms with Crippen molar-refractivity contribution < 1.29 is 9.84 Å².